The number of hydrogen-bond donors (Lipinski definition) is 1. The molecule has 1 fully saturated rings. The summed E-state index contributed by atoms with van der Waals surface area (Å²) in [6.07, 6.45) is 3.94. The Morgan fingerprint density at radius 1 is 1.24 bits per heavy atom. The smallest absolute Gasteiger partial charge is 0.0558 e. The van der Waals surface area contributed by atoms with Gasteiger partial charge in [-0.05, 0) is 31.4 Å². The van der Waals surface area contributed by atoms with Gasteiger partial charge in [-0.3, -0.25) is 4.90 Å². The molecule has 2 unspecified atom stereocenters. The van der Waals surface area contributed by atoms with Crippen molar-refractivity contribution in [3.8, 4) is 0 Å². The number of unbranched alkanes of at least 4 members (excludes halogenated alkanes) is 2. The molecule has 2 rings (SSSR count). The standard InChI is InChI=1S/C19H32N2/c1-5-6-10-13-21-14-18(16(2)3)20-15-19(21,4)17-11-8-7-9-12-17/h7-9,11-12,16,18,20H,5-6,10,13-15H2,1-4H3. The number of rotatable bonds is 6. The number of benzene rings is 1. The average Bonchev–Trinajstić information content (AvgIpc) is 2.50. The van der Waals surface area contributed by atoms with E-state index >= 15 is 0 Å². The summed E-state index contributed by atoms with van der Waals surface area (Å²) in [7, 11) is 0. The predicted molar refractivity (Wildman–Crippen MR) is 91.5 cm³/mol. The molecular weight excluding hydrogens is 256 g/mol. The predicted octanol–water partition coefficient (Wildman–Crippen LogP) is 4.02. The fraction of sp³-hybridized carbons (Fsp3) is 0.684. The van der Waals surface area contributed by atoms with Crippen molar-refractivity contribution in [1.82, 2.24) is 10.2 Å². The van der Waals surface area contributed by atoms with Gasteiger partial charge in [0.05, 0.1) is 5.54 Å². The molecule has 1 aliphatic heterocycles. The van der Waals surface area contributed by atoms with Crippen LogP contribution in [0.5, 0.6) is 0 Å². The molecule has 1 heterocycles. The van der Waals surface area contributed by atoms with E-state index < -0.39 is 0 Å². The lowest BCUT2D eigenvalue weighted by Crippen LogP contribution is -2.62. The Labute approximate surface area is 130 Å². The second-order valence-corrected chi connectivity index (χ2v) is 7.02. The van der Waals surface area contributed by atoms with E-state index in [1.807, 2.05) is 0 Å². The Morgan fingerprint density at radius 3 is 2.57 bits per heavy atom. The van der Waals surface area contributed by atoms with Crippen LogP contribution in [-0.2, 0) is 5.54 Å². The lowest BCUT2D eigenvalue weighted by molar-refractivity contribution is 0.0375. The maximum absolute atomic E-state index is 3.79. The maximum atomic E-state index is 3.79. The van der Waals surface area contributed by atoms with Gasteiger partial charge in [0.25, 0.3) is 0 Å². The Balaban J connectivity index is 2.17. The van der Waals surface area contributed by atoms with Crippen molar-refractivity contribution in [2.24, 2.45) is 5.92 Å². The quantitative estimate of drug-likeness (QED) is 0.795. The van der Waals surface area contributed by atoms with Crippen LogP contribution in [0.3, 0.4) is 0 Å². The van der Waals surface area contributed by atoms with E-state index in [2.05, 4.69) is 68.2 Å². The van der Waals surface area contributed by atoms with E-state index in [0.717, 1.165) is 13.1 Å². The summed E-state index contributed by atoms with van der Waals surface area (Å²) >= 11 is 0. The average molecular weight is 288 g/mol. The van der Waals surface area contributed by atoms with Crippen LogP contribution in [-0.4, -0.2) is 30.6 Å². The first-order valence-corrected chi connectivity index (χ1v) is 8.62. The molecule has 2 atom stereocenters. The molecule has 0 spiro atoms. The van der Waals surface area contributed by atoms with Crippen molar-refractivity contribution < 1.29 is 0 Å². The van der Waals surface area contributed by atoms with Crippen molar-refractivity contribution in [2.45, 2.75) is 58.5 Å². The van der Waals surface area contributed by atoms with E-state index in [4.69, 9.17) is 0 Å². The highest BCUT2D eigenvalue weighted by Crippen LogP contribution is 2.32. The van der Waals surface area contributed by atoms with Gasteiger partial charge in [0.2, 0.25) is 0 Å². The molecule has 0 amide bonds. The Bertz CT molecular complexity index is 415. The molecule has 2 nitrogen and oxygen atoms in total. The highest BCUT2D eigenvalue weighted by Gasteiger charge is 2.39. The van der Waals surface area contributed by atoms with Crippen molar-refractivity contribution in [3.05, 3.63) is 35.9 Å². The molecule has 2 heteroatoms. The summed E-state index contributed by atoms with van der Waals surface area (Å²) in [6.45, 7) is 12.8. The van der Waals surface area contributed by atoms with Gasteiger partial charge in [-0.2, -0.15) is 0 Å². The van der Waals surface area contributed by atoms with Gasteiger partial charge in [0.1, 0.15) is 0 Å². The lowest BCUT2D eigenvalue weighted by atomic mass is 9.85. The molecular formula is C19H32N2. The Morgan fingerprint density at radius 2 is 1.95 bits per heavy atom. The van der Waals surface area contributed by atoms with Gasteiger partial charge >= 0.3 is 0 Å². The monoisotopic (exact) mass is 288 g/mol. The van der Waals surface area contributed by atoms with E-state index in [-0.39, 0.29) is 5.54 Å². The summed E-state index contributed by atoms with van der Waals surface area (Å²) in [5.41, 5.74) is 1.57. The van der Waals surface area contributed by atoms with Crippen molar-refractivity contribution in [3.63, 3.8) is 0 Å². The van der Waals surface area contributed by atoms with Crippen LogP contribution in [0, 0.1) is 5.92 Å². The van der Waals surface area contributed by atoms with Crippen LogP contribution in [0.4, 0.5) is 0 Å². The fourth-order valence-electron chi connectivity index (χ4n) is 3.36. The zero-order valence-electron chi connectivity index (χ0n) is 14.2. The Hall–Kier alpha value is -0.860. The highest BCUT2D eigenvalue weighted by molar-refractivity contribution is 5.25. The topological polar surface area (TPSA) is 15.3 Å². The molecule has 1 aromatic rings. The SMILES string of the molecule is CCCCCN1CC(C(C)C)NCC1(C)c1ccccc1. The number of nitrogens with zero attached hydrogens (tertiary/aromatic N) is 1. The minimum Gasteiger partial charge on any atom is -0.310 e. The third kappa shape index (κ3) is 3.87. The normalized spacial score (nSPS) is 27.2. The largest absolute Gasteiger partial charge is 0.310 e. The second-order valence-electron chi connectivity index (χ2n) is 7.02. The first-order chi connectivity index (χ1) is 10.1. The Kier molecular flexibility index (Phi) is 5.83. The van der Waals surface area contributed by atoms with Crippen LogP contribution < -0.4 is 5.32 Å². The minimum absolute atomic E-state index is 0.125. The van der Waals surface area contributed by atoms with Gasteiger partial charge < -0.3 is 5.32 Å². The van der Waals surface area contributed by atoms with Crippen LogP contribution in [0.2, 0.25) is 0 Å². The second kappa shape index (κ2) is 7.42. The van der Waals surface area contributed by atoms with Crippen LogP contribution in [0.1, 0.15) is 52.5 Å². The zero-order valence-corrected chi connectivity index (χ0v) is 14.2. The van der Waals surface area contributed by atoms with Crippen LogP contribution >= 0.6 is 0 Å². The molecule has 1 aromatic carbocycles. The molecule has 21 heavy (non-hydrogen) atoms. The van der Waals surface area contributed by atoms with E-state index in [1.54, 1.807) is 0 Å². The van der Waals surface area contributed by atoms with Crippen molar-refractivity contribution >= 4 is 0 Å². The van der Waals surface area contributed by atoms with Gasteiger partial charge in [0, 0.05) is 19.1 Å². The van der Waals surface area contributed by atoms with Crippen LogP contribution in [0.25, 0.3) is 0 Å². The van der Waals surface area contributed by atoms with Gasteiger partial charge in [-0.25, -0.2) is 0 Å². The lowest BCUT2D eigenvalue weighted by Gasteiger charge is -2.49. The van der Waals surface area contributed by atoms with Crippen molar-refractivity contribution in [1.29, 1.82) is 0 Å². The minimum atomic E-state index is 0.125. The van der Waals surface area contributed by atoms with Crippen molar-refractivity contribution in [2.75, 3.05) is 19.6 Å². The molecule has 0 aliphatic carbocycles. The van der Waals surface area contributed by atoms with E-state index in [9.17, 15) is 0 Å². The van der Waals surface area contributed by atoms with E-state index in [0.29, 0.717) is 12.0 Å². The molecule has 0 saturated carbocycles. The zero-order chi connectivity index (χ0) is 15.3. The summed E-state index contributed by atoms with van der Waals surface area (Å²) in [6, 6.07) is 11.6. The molecule has 0 radical (unpaired) electrons. The maximum Gasteiger partial charge on any atom is 0.0558 e. The summed E-state index contributed by atoms with van der Waals surface area (Å²) in [5, 5.41) is 3.79. The summed E-state index contributed by atoms with van der Waals surface area (Å²) < 4.78 is 0. The molecule has 0 aromatic heterocycles. The summed E-state index contributed by atoms with van der Waals surface area (Å²) in [5.74, 6) is 0.694. The first kappa shape index (κ1) is 16.5. The van der Waals surface area contributed by atoms with Crippen LogP contribution in [0.15, 0.2) is 30.3 Å². The number of nitrogens with one attached hydrogen (secondary N) is 1. The third-order valence-electron chi connectivity index (χ3n) is 5.06. The molecule has 1 aliphatic rings. The number of hydrogen-bond acceptors (Lipinski definition) is 2. The first-order valence-electron chi connectivity index (χ1n) is 8.62. The van der Waals surface area contributed by atoms with E-state index in [1.165, 1.54) is 31.4 Å². The summed E-state index contributed by atoms with van der Waals surface area (Å²) in [4.78, 5) is 2.72. The van der Waals surface area contributed by atoms with Gasteiger partial charge in [-0.1, -0.05) is 63.9 Å². The van der Waals surface area contributed by atoms with Gasteiger partial charge in [0.15, 0.2) is 0 Å². The fourth-order valence-corrected chi connectivity index (χ4v) is 3.36. The number of piperazine rings is 1. The molecule has 0 bridgehead atoms. The van der Waals surface area contributed by atoms with Gasteiger partial charge in [-0.15, -0.1) is 0 Å². The molecule has 1 saturated heterocycles. The molecule has 1 N–H and O–H groups in total. The highest BCUT2D eigenvalue weighted by atomic mass is 15.3. The third-order valence-corrected chi connectivity index (χ3v) is 5.06. The molecule has 118 valence electrons.